The monoisotopic (exact) mass is 281 g/mol. The second kappa shape index (κ2) is 6.82. The van der Waals surface area contributed by atoms with Gasteiger partial charge in [-0.25, -0.2) is 4.39 Å². The molecule has 1 aromatic carbocycles. The van der Waals surface area contributed by atoms with Crippen LogP contribution in [0, 0.1) is 11.7 Å². The fourth-order valence-corrected chi connectivity index (χ4v) is 2.60. The van der Waals surface area contributed by atoms with Crippen molar-refractivity contribution in [2.24, 2.45) is 5.92 Å². The van der Waals surface area contributed by atoms with Crippen molar-refractivity contribution in [3.63, 3.8) is 0 Å². The van der Waals surface area contributed by atoms with Crippen LogP contribution in [-0.2, 0) is 0 Å². The molecule has 0 radical (unpaired) electrons. The summed E-state index contributed by atoms with van der Waals surface area (Å²) >= 11 is 0. The number of halogens is 1. The number of hydrogen-bond acceptors (Lipinski definition) is 3. The fraction of sp³-hybridized carbons (Fsp3) is 0.625. The molecule has 1 aromatic rings. The Morgan fingerprint density at radius 3 is 2.70 bits per heavy atom. The van der Waals surface area contributed by atoms with Crippen LogP contribution in [0.15, 0.2) is 12.1 Å². The Hall–Kier alpha value is -1.45. The molecule has 0 aromatic heterocycles. The molecular weight excluding hydrogens is 257 g/mol. The second-order valence-electron chi connectivity index (χ2n) is 5.59. The van der Waals surface area contributed by atoms with Gasteiger partial charge in [0.2, 0.25) is 0 Å². The largest absolute Gasteiger partial charge is 0.490 e. The lowest BCUT2D eigenvalue weighted by Gasteiger charge is -2.29. The predicted octanol–water partition coefficient (Wildman–Crippen LogP) is 4.15. The standard InChI is InChI=1S/C16H24FNO2/c1-3-8-19-15-10-16(13(18)9-12(15)17)20-14-7-5-4-6-11(14)2/h9-11,14H,3-8,18H2,1-2H3. The highest BCUT2D eigenvalue weighted by atomic mass is 19.1. The predicted molar refractivity (Wildman–Crippen MR) is 78.6 cm³/mol. The van der Waals surface area contributed by atoms with E-state index in [4.69, 9.17) is 15.2 Å². The van der Waals surface area contributed by atoms with E-state index in [9.17, 15) is 4.39 Å². The summed E-state index contributed by atoms with van der Waals surface area (Å²) in [5.74, 6) is 0.837. The molecule has 1 saturated carbocycles. The highest BCUT2D eigenvalue weighted by Crippen LogP contribution is 2.34. The van der Waals surface area contributed by atoms with E-state index in [1.54, 1.807) is 6.07 Å². The number of rotatable bonds is 5. The maximum atomic E-state index is 13.7. The molecule has 20 heavy (non-hydrogen) atoms. The van der Waals surface area contributed by atoms with Crippen molar-refractivity contribution in [1.82, 2.24) is 0 Å². The molecule has 112 valence electrons. The molecule has 3 nitrogen and oxygen atoms in total. The van der Waals surface area contributed by atoms with Gasteiger partial charge in [0.15, 0.2) is 11.6 Å². The lowest BCUT2D eigenvalue weighted by Crippen LogP contribution is -2.28. The third-order valence-corrected chi connectivity index (χ3v) is 3.84. The van der Waals surface area contributed by atoms with Gasteiger partial charge < -0.3 is 15.2 Å². The number of nitrogens with two attached hydrogens (primary N) is 1. The quantitative estimate of drug-likeness (QED) is 0.824. The summed E-state index contributed by atoms with van der Waals surface area (Å²) in [5, 5.41) is 0. The minimum atomic E-state index is -0.431. The molecule has 2 atom stereocenters. The molecule has 0 aliphatic heterocycles. The first-order chi connectivity index (χ1) is 9.61. The van der Waals surface area contributed by atoms with Gasteiger partial charge in [-0.1, -0.05) is 20.3 Å². The molecule has 0 bridgehead atoms. The van der Waals surface area contributed by atoms with Crippen LogP contribution >= 0.6 is 0 Å². The fourth-order valence-electron chi connectivity index (χ4n) is 2.60. The Bertz CT molecular complexity index is 450. The van der Waals surface area contributed by atoms with Crippen molar-refractivity contribution in [3.05, 3.63) is 17.9 Å². The zero-order chi connectivity index (χ0) is 14.5. The summed E-state index contributed by atoms with van der Waals surface area (Å²) in [6, 6.07) is 2.87. The summed E-state index contributed by atoms with van der Waals surface area (Å²) in [7, 11) is 0. The van der Waals surface area contributed by atoms with Gasteiger partial charge in [-0.2, -0.15) is 0 Å². The molecule has 1 fully saturated rings. The average molecular weight is 281 g/mol. The van der Waals surface area contributed by atoms with Crippen molar-refractivity contribution in [3.8, 4) is 11.5 Å². The Balaban J connectivity index is 2.13. The van der Waals surface area contributed by atoms with Crippen molar-refractivity contribution in [2.75, 3.05) is 12.3 Å². The lowest BCUT2D eigenvalue weighted by molar-refractivity contribution is 0.103. The third kappa shape index (κ3) is 3.56. The first-order valence-corrected chi connectivity index (χ1v) is 7.50. The lowest BCUT2D eigenvalue weighted by atomic mass is 9.88. The molecule has 1 aliphatic rings. The normalized spacial score (nSPS) is 22.6. The summed E-state index contributed by atoms with van der Waals surface area (Å²) in [5.41, 5.74) is 6.20. The molecule has 2 N–H and O–H groups in total. The van der Waals surface area contributed by atoms with Gasteiger partial charge in [-0.3, -0.25) is 0 Å². The highest BCUT2D eigenvalue weighted by molar-refractivity contribution is 5.56. The van der Waals surface area contributed by atoms with Crippen molar-refractivity contribution in [2.45, 2.75) is 52.1 Å². The van der Waals surface area contributed by atoms with E-state index in [0.717, 1.165) is 12.8 Å². The van der Waals surface area contributed by atoms with E-state index >= 15 is 0 Å². The molecule has 0 heterocycles. The van der Waals surface area contributed by atoms with Crippen LogP contribution < -0.4 is 15.2 Å². The van der Waals surface area contributed by atoms with E-state index in [0.29, 0.717) is 24.0 Å². The number of hydrogen-bond donors (Lipinski definition) is 1. The van der Waals surface area contributed by atoms with Gasteiger partial charge in [-0.15, -0.1) is 0 Å². The third-order valence-electron chi connectivity index (χ3n) is 3.84. The minimum Gasteiger partial charge on any atom is -0.490 e. The van der Waals surface area contributed by atoms with Gasteiger partial charge in [0.05, 0.1) is 12.3 Å². The Morgan fingerprint density at radius 2 is 2.00 bits per heavy atom. The Morgan fingerprint density at radius 1 is 1.25 bits per heavy atom. The zero-order valence-electron chi connectivity index (χ0n) is 12.3. The van der Waals surface area contributed by atoms with Crippen LogP contribution in [0.25, 0.3) is 0 Å². The SMILES string of the molecule is CCCOc1cc(OC2CCCCC2C)c(N)cc1F. The van der Waals surface area contributed by atoms with Crippen molar-refractivity contribution in [1.29, 1.82) is 0 Å². The van der Waals surface area contributed by atoms with Crippen LogP contribution in [0.1, 0.15) is 46.0 Å². The molecule has 2 unspecified atom stereocenters. The molecule has 1 aliphatic carbocycles. The maximum Gasteiger partial charge on any atom is 0.167 e. The molecule has 0 saturated heterocycles. The molecule has 0 amide bonds. The molecule has 2 rings (SSSR count). The van der Waals surface area contributed by atoms with Crippen molar-refractivity contribution < 1.29 is 13.9 Å². The van der Waals surface area contributed by atoms with Gasteiger partial charge >= 0.3 is 0 Å². The van der Waals surface area contributed by atoms with Crippen LogP contribution in [-0.4, -0.2) is 12.7 Å². The van der Waals surface area contributed by atoms with Gasteiger partial charge in [0.1, 0.15) is 11.9 Å². The van der Waals surface area contributed by atoms with E-state index in [-0.39, 0.29) is 11.9 Å². The highest BCUT2D eigenvalue weighted by Gasteiger charge is 2.24. The average Bonchev–Trinajstić information content (AvgIpc) is 2.43. The van der Waals surface area contributed by atoms with E-state index in [2.05, 4.69) is 6.92 Å². The van der Waals surface area contributed by atoms with E-state index in [1.165, 1.54) is 25.3 Å². The van der Waals surface area contributed by atoms with Crippen molar-refractivity contribution >= 4 is 5.69 Å². The Kier molecular flexibility index (Phi) is 5.10. The molecule has 0 spiro atoms. The zero-order valence-corrected chi connectivity index (χ0v) is 12.3. The molecular formula is C16H24FNO2. The van der Waals surface area contributed by atoms with Gasteiger partial charge in [-0.05, 0) is 31.6 Å². The smallest absolute Gasteiger partial charge is 0.167 e. The number of ether oxygens (including phenoxy) is 2. The second-order valence-corrected chi connectivity index (χ2v) is 5.59. The van der Waals surface area contributed by atoms with Crippen LogP contribution in [0.2, 0.25) is 0 Å². The molecule has 4 heteroatoms. The van der Waals surface area contributed by atoms with Crippen LogP contribution in [0.5, 0.6) is 11.5 Å². The summed E-state index contributed by atoms with van der Waals surface area (Å²) in [6.07, 6.45) is 5.63. The topological polar surface area (TPSA) is 44.5 Å². The number of nitrogen functional groups attached to an aromatic ring is 1. The van der Waals surface area contributed by atoms with E-state index in [1.807, 2.05) is 6.92 Å². The van der Waals surface area contributed by atoms with Crippen LogP contribution in [0.3, 0.4) is 0 Å². The van der Waals surface area contributed by atoms with Gasteiger partial charge in [0.25, 0.3) is 0 Å². The first kappa shape index (κ1) is 14.9. The minimum absolute atomic E-state index is 0.163. The first-order valence-electron chi connectivity index (χ1n) is 7.50. The maximum absolute atomic E-state index is 13.7. The number of anilines is 1. The Labute approximate surface area is 120 Å². The van der Waals surface area contributed by atoms with Gasteiger partial charge in [0, 0.05) is 12.1 Å². The summed E-state index contributed by atoms with van der Waals surface area (Å²) in [4.78, 5) is 0. The summed E-state index contributed by atoms with van der Waals surface area (Å²) < 4.78 is 25.1. The van der Waals surface area contributed by atoms with E-state index < -0.39 is 5.82 Å². The van der Waals surface area contributed by atoms with Crippen LogP contribution in [0.4, 0.5) is 10.1 Å². The summed E-state index contributed by atoms with van der Waals surface area (Å²) in [6.45, 7) is 4.66. The number of benzene rings is 1.